The summed E-state index contributed by atoms with van der Waals surface area (Å²) >= 11 is 6.41. The highest BCUT2D eigenvalue weighted by atomic mass is 35.5. The molecule has 0 aliphatic heterocycles. The van der Waals surface area contributed by atoms with E-state index in [1.807, 2.05) is 30.3 Å². The van der Waals surface area contributed by atoms with Crippen molar-refractivity contribution in [1.29, 1.82) is 0 Å². The van der Waals surface area contributed by atoms with Crippen LogP contribution in [0.5, 0.6) is 0 Å². The topological polar surface area (TPSA) is 96.2 Å². The van der Waals surface area contributed by atoms with Crippen LogP contribution in [-0.2, 0) is 20.7 Å². The molecular weight excluding hydrogens is 432 g/mol. The van der Waals surface area contributed by atoms with E-state index in [-0.39, 0.29) is 29.2 Å². The molecule has 1 aromatic carbocycles. The van der Waals surface area contributed by atoms with Gasteiger partial charge < -0.3 is 9.47 Å². The fraction of sp³-hybridized carbons (Fsp3) is 0.435. The van der Waals surface area contributed by atoms with Gasteiger partial charge in [-0.25, -0.2) is 24.3 Å². The number of esters is 1. The molecule has 170 valence electrons. The number of benzene rings is 1. The van der Waals surface area contributed by atoms with Crippen molar-refractivity contribution in [2.75, 3.05) is 0 Å². The van der Waals surface area contributed by atoms with Gasteiger partial charge in [-0.1, -0.05) is 41.9 Å². The fourth-order valence-corrected chi connectivity index (χ4v) is 3.17. The van der Waals surface area contributed by atoms with Gasteiger partial charge in [0, 0.05) is 12.0 Å². The molecule has 3 rings (SSSR count). The summed E-state index contributed by atoms with van der Waals surface area (Å²) in [5, 5.41) is 0.106. The number of aryl methyl sites for hydroxylation is 1. The smallest absolute Gasteiger partial charge is 0.421 e. The van der Waals surface area contributed by atoms with Gasteiger partial charge in [-0.05, 0) is 41.5 Å². The number of carbonyl (C=O) groups excluding carboxylic acids is 2. The first-order valence-corrected chi connectivity index (χ1v) is 10.7. The van der Waals surface area contributed by atoms with Crippen molar-refractivity contribution in [1.82, 2.24) is 19.5 Å². The van der Waals surface area contributed by atoms with Gasteiger partial charge in [0.2, 0.25) is 0 Å². The van der Waals surface area contributed by atoms with Crippen LogP contribution in [0.4, 0.5) is 4.79 Å². The number of aromatic nitrogens is 4. The van der Waals surface area contributed by atoms with Crippen molar-refractivity contribution in [2.24, 2.45) is 0 Å². The van der Waals surface area contributed by atoms with Crippen LogP contribution in [-0.4, -0.2) is 42.8 Å². The minimum absolute atomic E-state index is 0.0278. The first-order valence-electron chi connectivity index (χ1n) is 10.3. The summed E-state index contributed by atoms with van der Waals surface area (Å²) in [7, 11) is 0. The number of hydrogen-bond acceptors (Lipinski definition) is 7. The molecule has 0 bridgehead atoms. The average Bonchev–Trinajstić information content (AvgIpc) is 3.03. The Kier molecular flexibility index (Phi) is 6.55. The van der Waals surface area contributed by atoms with E-state index in [9.17, 15) is 9.59 Å². The lowest BCUT2D eigenvalue weighted by molar-refractivity contribution is -0.154. The monoisotopic (exact) mass is 458 g/mol. The van der Waals surface area contributed by atoms with Gasteiger partial charge in [-0.3, -0.25) is 4.79 Å². The van der Waals surface area contributed by atoms with E-state index in [2.05, 4.69) is 15.0 Å². The maximum Gasteiger partial charge on any atom is 0.421 e. The molecule has 0 radical (unpaired) electrons. The van der Waals surface area contributed by atoms with Crippen molar-refractivity contribution >= 4 is 34.8 Å². The molecule has 8 nitrogen and oxygen atoms in total. The predicted molar refractivity (Wildman–Crippen MR) is 122 cm³/mol. The summed E-state index contributed by atoms with van der Waals surface area (Å²) < 4.78 is 12.2. The molecule has 9 heteroatoms. The Morgan fingerprint density at radius 1 is 0.938 bits per heavy atom. The summed E-state index contributed by atoms with van der Waals surface area (Å²) in [6.45, 7) is 10.7. The summed E-state index contributed by atoms with van der Waals surface area (Å²) in [5.74, 6) is 0.246. The second-order valence-electron chi connectivity index (χ2n) is 9.31. The first-order chi connectivity index (χ1) is 14.8. The number of carbonyl (C=O) groups is 2. The van der Waals surface area contributed by atoms with Crippen molar-refractivity contribution in [3.05, 3.63) is 41.3 Å². The Hall–Kier alpha value is -3.00. The standard InChI is InChI=1S/C23H27ClN4O4/c1-22(2,3)31-16(29)13-12-15-25-17-18(24)26-19(14-10-8-7-9-11-14)27-20(17)28(15)21(30)32-23(4,5)6/h7-11H,12-13H2,1-6H3. The van der Waals surface area contributed by atoms with E-state index in [4.69, 9.17) is 21.1 Å². The Morgan fingerprint density at radius 2 is 1.56 bits per heavy atom. The van der Waals surface area contributed by atoms with Crippen LogP contribution in [0.3, 0.4) is 0 Å². The van der Waals surface area contributed by atoms with Gasteiger partial charge >= 0.3 is 12.1 Å². The molecule has 32 heavy (non-hydrogen) atoms. The zero-order valence-corrected chi connectivity index (χ0v) is 19.9. The van der Waals surface area contributed by atoms with Crippen LogP contribution in [0.15, 0.2) is 30.3 Å². The van der Waals surface area contributed by atoms with Crippen LogP contribution >= 0.6 is 11.6 Å². The van der Waals surface area contributed by atoms with Gasteiger partial charge in [-0.2, -0.15) is 0 Å². The van der Waals surface area contributed by atoms with E-state index >= 15 is 0 Å². The summed E-state index contributed by atoms with van der Waals surface area (Å²) in [6.07, 6.45) is -0.491. The quantitative estimate of drug-likeness (QED) is 0.391. The van der Waals surface area contributed by atoms with E-state index in [0.717, 1.165) is 5.56 Å². The van der Waals surface area contributed by atoms with E-state index < -0.39 is 23.3 Å². The third kappa shape index (κ3) is 5.82. The van der Waals surface area contributed by atoms with E-state index in [0.29, 0.717) is 11.6 Å². The number of hydrogen-bond donors (Lipinski definition) is 0. The van der Waals surface area contributed by atoms with Gasteiger partial charge in [0.1, 0.15) is 22.5 Å². The first kappa shape index (κ1) is 23.7. The van der Waals surface area contributed by atoms with Crippen LogP contribution in [0.1, 0.15) is 53.8 Å². The molecule has 0 aliphatic carbocycles. The molecule has 3 aromatic rings. The molecule has 2 aromatic heterocycles. The molecule has 0 unspecified atom stereocenters. The lowest BCUT2D eigenvalue weighted by Gasteiger charge is -2.21. The summed E-state index contributed by atoms with van der Waals surface area (Å²) in [4.78, 5) is 38.7. The highest BCUT2D eigenvalue weighted by Gasteiger charge is 2.27. The third-order valence-electron chi connectivity index (χ3n) is 4.11. The largest absolute Gasteiger partial charge is 0.460 e. The highest BCUT2D eigenvalue weighted by molar-refractivity contribution is 6.33. The number of ether oxygens (including phenoxy) is 2. The van der Waals surface area contributed by atoms with Crippen LogP contribution in [0, 0.1) is 0 Å². The second-order valence-corrected chi connectivity index (χ2v) is 9.66. The third-order valence-corrected chi connectivity index (χ3v) is 4.38. The van der Waals surface area contributed by atoms with Crippen molar-refractivity contribution in [3.63, 3.8) is 0 Å². The number of fused-ring (bicyclic) bond motifs is 1. The summed E-state index contributed by atoms with van der Waals surface area (Å²) in [5.41, 5.74) is -0.131. The predicted octanol–water partition coefficient (Wildman–Crippen LogP) is 5.20. The lowest BCUT2D eigenvalue weighted by atomic mass is 10.2. The fourth-order valence-electron chi connectivity index (χ4n) is 2.96. The number of imidazole rings is 1. The summed E-state index contributed by atoms with van der Waals surface area (Å²) in [6, 6.07) is 9.27. The molecule has 0 atom stereocenters. The Morgan fingerprint density at radius 3 is 2.16 bits per heavy atom. The van der Waals surface area contributed by atoms with E-state index in [1.165, 1.54) is 4.57 Å². The minimum atomic E-state index is -0.741. The van der Waals surface area contributed by atoms with Crippen LogP contribution in [0.25, 0.3) is 22.6 Å². The van der Waals surface area contributed by atoms with E-state index in [1.54, 1.807) is 41.5 Å². The molecule has 2 heterocycles. The zero-order valence-electron chi connectivity index (χ0n) is 19.1. The molecule has 0 saturated carbocycles. The van der Waals surface area contributed by atoms with Crippen LogP contribution in [0.2, 0.25) is 5.15 Å². The maximum absolute atomic E-state index is 13.1. The van der Waals surface area contributed by atoms with Crippen molar-refractivity contribution < 1.29 is 19.1 Å². The Balaban J connectivity index is 2.07. The highest BCUT2D eigenvalue weighted by Crippen LogP contribution is 2.27. The molecule has 0 aliphatic rings. The maximum atomic E-state index is 13.1. The van der Waals surface area contributed by atoms with Gasteiger partial charge in [0.15, 0.2) is 16.6 Å². The minimum Gasteiger partial charge on any atom is -0.460 e. The van der Waals surface area contributed by atoms with Gasteiger partial charge in [0.05, 0.1) is 6.42 Å². The number of halogens is 1. The number of nitrogens with zero attached hydrogens (tertiary/aromatic N) is 4. The molecular formula is C23H27ClN4O4. The van der Waals surface area contributed by atoms with Crippen LogP contribution < -0.4 is 0 Å². The lowest BCUT2D eigenvalue weighted by Crippen LogP contribution is -2.29. The van der Waals surface area contributed by atoms with Crippen molar-refractivity contribution in [3.8, 4) is 11.4 Å². The normalized spacial score (nSPS) is 12.1. The Labute approximate surface area is 191 Å². The molecule has 0 amide bonds. The molecule has 0 fully saturated rings. The van der Waals surface area contributed by atoms with Gasteiger partial charge in [0.25, 0.3) is 0 Å². The molecule has 0 saturated heterocycles. The molecule has 0 spiro atoms. The Bertz CT molecular complexity index is 1140. The SMILES string of the molecule is CC(C)(C)OC(=O)CCc1nc2c(Cl)nc(-c3ccccc3)nc2n1C(=O)OC(C)(C)C. The second kappa shape index (κ2) is 8.86. The zero-order chi connectivity index (χ0) is 23.7. The van der Waals surface area contributed by atoms with Crippen molar-refractivity contribution in [2.45, 2.75) is 65.6 Å². The number of rotatable bonds is 4. The molecule has 0 N–H and O–H groups in total. The van der Waals surface area contributed by atoms with Gasteiger partial charge in [-0.15, -0.1) is 0 Å². The average molecular weight is 459 g/mol.